The van der Waals surface area contributed by atoms with Gasteiger partial charge >= 0.3 is 0 Å². The summed E-state index contributed by atoms with van der Waals surface area (Å²) < 4.78 is 0. The smallest absolute Gasteiger partial charge is 0.232 e. The number of allylic oxidation sites excluding steroid dienone is 2. The first kappa shape index (κ1) is 15.4. The van der Waals surface area contributed by atoms with Gasteiger partial charge in [-0.1, -0.05) is 67.8 Å². The number of hydrogen-bond donors (Lipinski definition) is 0. The average Bonchev–Trinajstić information content (AvgIpc) is 2.55. The summed E-state index contributed by atoms with van der Waals surface area (Å²) in [4.78, 5) is 14.7. The molecule has 0 aromatic heterocycles. The molecule has 0 bridgehead atoms. The summed E-state index contributed by atoms with van der Waals surface area (Å²) in [5.74, 6) is 0.186. The normalized spacial score (nSPS) is 26.2. The third-order valence-electron chi connectivity index (χ3n) is 4.81. The van der Waals surface area contributed by atoms with Crippen molar-refractivity contribution in [2.75, 3.05) is 0 Å². The first-order chi connectivity index (χ1) is 10.7. The van der Waals surface area contributed by atoms with E-state index < -0.39 is 0 Å². The largest absolute Gasteiger partial charge is 0.331 e. The van der Waals surface area contributed by atoms with Gasteiger partial charge in [0.2, 0.25) is 5.91 Å². The summed E-state index contributed by atoms with van der Waals surface area (Å²) in [5, 5.41) is 0.733. The van der Waals surface area contributed by atoms with Gasteiger partial charge in [-0.25, -0.2) is 0 Å². The quantitative estimate of drug-likeness (QED) is 0.571. The Balaban J connectivity index is 1.87. The lowest BCUT2D eigenvalue weighted by Crippen LogP contribution is -2.58. The molecule has 1 saturated carbocycles. The van der Waals surface area contributed by atoms with Gasteiger partial charge in [-0.3, -0.25) is 4.79 Å². The number of halogens is 1. The maximum atomic E-state index is 12.6. The number of rotatable bonds is 4. The number of likely N-dealkylation sites (tertiary alicyclic amines) is 1. The van der Waals surface area contributed by atoms with Crippen molar-refractivity contribution in [2.24, 2.45) is 5.92 Å². The van der Waals surface area contributed by atoms with Crippen molar-refractivity contribution in [3.05, 3.63) is 59.7 Å². The molecule has 2 atom stereocenters. The van der Waals surface area contributed by atoms with Gasteiger partial charge in [0.05, 0.1) is 12.0 Å². The van der Waals surface area contributed by atoms with Gasteiger partial charge in [-0.2, -0.15) is 0 Å². The van der Waals surface area contributed by atoms with E-state index in [9.17, 15) is 4.79 Å². The Morgan fingerprint density at radius 3 is 2.45 bits per heavy atom. The van der Waals surface area contributed by atoms with E-state index in [1.807, 2.05) is 36.4 Å². The maximum Gasteiger partial charge on any atom is 0.232 e. The van der Waals surface area contributed by atoms with Gasteiger partial charge in [0.15, 0.2) is 0 Å². The molecule has 0 N–H and O–H groups in total. The third kappa shape index (κ3) is 2.85. The lowest BCUT2D eigenvalue weighted by Gasteiger charge is -2.51. The number of carbonyl (C=O) groups excluding carboxylic acids is 1. The Morgan fingerprint density at radius 2 is 1.82 bits per heavy atom. The Kier molecular flexibility index (Phi) is 4.68. The van der Waals surface area contributed by atoms with Crippen LogP contribution in [-0.4, -0.2) is 16.8 Å². The molecule has 0 spiro atoms. The molecule has 1 amide bonds. The number of benzene rings is 1. The lowest BCUT2D eigenvalue weighted by molar-refractivity contribution is -0.159. The highest BCUT2D eigenvalue weighted by molar-refractivity contribution is 6.30. The van der Waals surface area contributed by atoms with E-state index in [2.05, 4.69) is 11.5 Å². The predicted molar refractivity (Wildman–Crippen MR) is 90.7 cm³/mol. The zero-order chi connectivity index (χ0) is 15.5. The van der Waals surface area contributed by atoms with Crippen molar-refractivity contribution in [1.29, 1.82) is 0 Å². The van der Waals surface area contributed by atoms with Gasteiger partial charge in [0.25, 0.3) is 0 Å². The molecular weight excluding hydrogens is 294 g/mol. The minimum absolute atomic E-state index is 0.0684. The fraction of sp³-hybridized carbons (Fsp3) is 0.421. The van der Waals surface area contributed by atoms with Gasteiger partial charge in [0, 0.05) is 11.1 Å². The molecule has 1 aliphatic heterocycles. The molecule has 2 aliphatic rings. The van der Waals surface area contributed by atoms with Crippen molar-refractivity contribution in [3.63, 3.8) is 0 Å². The average molecular weight is 316 g/mol. The monoisotopic (exact) mass is 315 g/mol. The molecule has 1 aromatic carbocycles. The van der Waals surface area contributed by atoms with Gasteiger partial charge in [-0.15, -0.1) is 0 Å². The highest BCUT2D eigenvalue weighted by Crippen LogP contribution is 2.45. The van der Waals surface area contributed by atoms with Crippen LogP contribution in [0.4, 0.5) is 0 Å². The zero-order valence-electron chi connectivity index (χ0n) is 12.7. The summed E-state index contributed by atoms with van der Waals surface area (Å²) in [6.07, 6.45) is 11.6. The van der Waals surface area contributed by atoms with E-state index in [0.717, 1.165) is 17.9 Å². The van der Waals surface area contributed by atoms with E-state index in [1.165, 1.54) is 24.8 Å². The Labute approximate surface area is 137 Å². The highest BCUT2D eigenvalue weighted by atomic mass is 35.5. The fourth-order valence-electron chi connectivity index (χ4n) is 3.72. The van der Waals surface area contributed by atoms with Crippen molar-refractivity contribution < 1.29 is 4.79 Å². The molecule has 116 valence electrons. The Bertz CT molecular complexity index is 572. The summed E-state index contributed by atoms with van der Waals surface area (Å²) in [6, 6.07) is 8.45. The first-order valence-electron chi connectivity index (χ1n) is 8.09. The summed E-state index contributed by atoms with van der Waals surface area (Å²) >= 11 is 6.00. The highest BCUT2D eigenvalue weighted by Gasteiger charge is 2.49. The molecule has 1 aliphatic carbocycles. The second kappa shape index (κ2) is 6.70. The van der Waals surface area contributed by atoms with E-state index in [0.29, 0.717) is 6.04 Å². The van der Waals surface area contributed by atoms with Crippen molar-refractivity contribution >= 4 is 17.5 Å². The SMILES string of the molecule is C=C/C=C/[C@H]1C(=O)N(C2CCCCC2)[C@H]1c1ccc(Cl)cc1. The van der Waals surface area contributed by atoms with Crippen LogP contribution >= 0.6 is 11.6 Å². The number of nitrogens with zero attached hydrogens (tertiary/aromatic N) is 1. The van der Waals surface area contributed by atoms with Crippen molar-refractivity contribution in [2.45, 2.75) is 44.2 Å². The molecule has 1 heterocycles. The summed E-state index contributed by atoms with van der Waals surface area (Å²) in [5.41, 5.74) is 1.17. The topological polar surface area (TPSA) is 20.3 Å². The minimum Gasteiger partial charge on any atom is -0.331 e. The van der Waals surface area contributed by atoms with Crippen LogP contribution in [0, 0.1) is 5.92 Å². The molecule has 2 nitrogen and oxygen atoms in total. The van der Waals surface area contributed by atoms with Crippen LogP contribution < -0.4 is 0 Å². The Morgan fingerprint density at radius 1 is 1.14 bits per heavy atom. The number of β-lactam (4-membered cyclic amide) rings is 1. The van der Waals surface area contributed by atoms with Crippen LogP contribution in [-0.2, 0) is 4.79 Å². The van der Waals surface area contributed by atoms with Crippen molar-refractivity contribution in [3.8, 4) is 0 Å². The van der Waals surface area contributed by atoms with Crippen molar-refractivity contribution in [1.82, 2.24) is 4.90 Å². The molecule has 1 aromatic rings. The summed E-state index contributed by atoms with van der Waals surface area (Å²) in [7, 11) is 0. The molecule has 0 radical (unpaired) electrons. The van der Waals surface area contributed by atoms with Crippen LogP contribution in [0.5, 0.6) is 0 Å². The third-order valence-corrected chi connectivity index (χ3v) is 5.07. The number of hydrogen-bond acceptors (Lipinski definition) is 1. The first-order valence-corrected chi connectivity index (χ1v) is 8.47. The standard InChI is InChI=1S/C19H22ClNO/c1-2-3-9-17-18(14-10-12-15(20)13-11-14)21(19(17)22)16-7-5-4-6-8-16/h2-3,9-13,16-18H,1,4-8H2/b9-3+/t17-,18+/m1/s1. The van der Waals surface area contributed by atoms with E-state index >= 15 is 0 Å². The van der Waals surface area contributed by atoms with Gasteiger partial charge in [-0.05, 0) is 30.5 Å². The number of amides is 1. The van der Waals surface area contributed by atoms with Crippen LogP contribution in [0.15, 0.2) is 49.1 Å². The molecule has 0 unspecified atom stereocenters. The lowest BCUT2D eigenvalue weighted by atomic mass is 9.78. The number of carbonyl (C=O) groups is 1. The summed E-state index contributed by atoms with van der Waals surface area (Å²) in [6.45, 7) is 3.71. The molecular formula is C19H22ClNO. The Hall–Kier alpha value is -1.54. The molecule has 3 heteroatoms. The van der Waals surface area contributed by atoms with Gasteiger partial charge in [0.1, 0.15) is 0 Å². The van der Waals surface area contributed by atoms with Crippen LogP contribution in [0.2, 0.25) is 5.02 Å². The zero-order valence-corrected chi connectivity index (χ0v) is 13.5. The second-order valence-corrected chi connectivity index (χ2v) is 6.62. The predicted octanol–water partition coefficient (Wildman–Crippen LogP) is 4.91. The van der Waals surface area contributed by atoms with Crippen LogP contribution in [0.25, 0.3) is 0 Å². The minimum atomic E-state index is -0.0684. The molecule has 1 saturated heterocycles. The van der Waals surface area contributed by atoms with Crippen LogP contribution in [0.1, 0.15) is 43.7 Å². The molecule has 22 heavy (non-hydrogen) atoms. The van der Waals surface area contributed by atoms with Crippen LogP contribution in [0.3, 0.4) is 0 Å². The van der Waals surface area contributed by atoms with E-state index in [4.69, 9.17) is 11.6 Å². The second-order valence-electron chi connectivity index (χ2n) is 6.18. The van der Waals surface area contributed by atoms with E-state index in [1.54, 1.807) is 6.08 Å². The fourth-order valence-corrected chi connectivity index (χ4v) is 3.84. The van der Waals surface area contributed by atoms with Gasteiger partial charge < -0.3 is 4.90 Å². The maximum absolute atomic E-state index is 12.6. The molecule has 2 fully saturated rings. The van der Waals surface area contributed by atoms with E-state index in [-0.39, 0.29) is 17.9 Å². The molecule has 3 rings (SSSR count).